The second-order valence-electron chi connectivity index (χ2n) is 5.65. The summed E-state index contributed by atoms with van der Waals surface area (Å²) in [6.45, 7) is 1.75. The quantitative estimate of drug-likeness (QED) is 0.784. The molecule has 0 spiro atoms. The van der Waals surface area contributed by atoms with Crippen LogP contribution in [-0.2, 0) is 4.79 Å². The van der Waals surface area contributed by atoms with Gasteiger partial charge in [-0.3, -0.25) is 9.59 Å². The molecular weight excluding hydrogens is 365 g/mol. The standard InChI is InChI=1S/C18H17F3N2O2S/c1-12-3-7-14(8-4-12)22-16(24)11-23(2)17(25)13-5-9-15(10-6-13)26-18(19,20)21/h3-10H,11H2,1-2H3,(H,22,24). The van der Waals surface area contributed by atoms with Crippen molar-refractivity contribution >= 4 is 29.3 Å². The third-order valence-corrected chi connectivity index (χ3v) is 4.14. The van der Waals surface area contributed by atoms with Crippen LogP contribution in [0.3, 0.4) is 0 Å². The summed E-state index contributed by atoms with van der Waals surface area (Å²) in [5.41, 5.74) is -2.49. The number of amides is 2. The second-order valence-corrected chi connectivity index (χ2v) is 6.79. The molecule has 0 aliphatic carbocycles. The zero-order chi connectivity index (χ0) is 19.3. The van der Waals surface area contributed by atoms with Crippen molar-refractivity contribution in [3.8, 4) is 0 Å². The molecule has 0 saturated heterocycles. The molecule has 2 amide bonds. The second kappa shape index (κ2) is 8.27. The van der Waals surface area contributed by atoms with Crippen molar-refractivity contribution in [3.63, 3.8) is 0 Å². The first-order valence-electron chi connectivity index (χ1n) is 7.62. The average Bonchev–Trinajstić information content (AvgIpc) is 2.55. The summed E-state index contributed by atoms with van der Waals surface area (Å²) in [6, 6.07) is 12.3. The predicted octanol–water partition coefficient (Wildman–Crippen LogP) is 4.32. The van der Waals surface area contributed by atoms with Gasteiger partial charge in [-0.2, -0.15) is 13.2 Å². The number of hydrogen-bond donors (Lipinski definition) is 1. The number of carbonyl (C=O) groups excluding carboxylic acids is 2. The number of thioether (sulfide) groups is 1. The van der Waals surface area contributed by atoms with Crippen molar-refractivity contribution in [2.75, 3.05) is 18.9 Å². The lowest BCUT2D eigenvalue weighted by atomic mass is 10.2. The lowest BCUT2D eigenvalue weighted by Gasteiger charge is -2.17. The van der Waals surface area contributed by atoms with Gasteiger partial charge < -0.3 is 10.2 Å². The molecular formula is C18H17F3N2O2S. The van der Waals surface area contributed by atoms with E-state index in [2.05, 4.69) is 5.32 Å². The van der Waals surface area contributed by atoms with E-state index in [0.717, 1.165) is 5.56 Å². The summed E-state index contributed by atoms with van der Waals surface area (Å²) in [7, 11) is 1.45. The Hall–Kier alpha value is -2.48. The van der Waals surface area contributed by atoms with E-state index < -0.39 is 11.4 Å². The first kappa shape index (κ1) is 19.8. The molecule has 0 aliphatic heterocycles. The summed E-state index contributed by atoms with van der Waals surface area (Å²) in [5.74, 6) is -0.818. The zero-order valence-corrected chi connectivity index (χ0v) is 14.9. The van der Waals surface area contributed by atoms with E-state index >= 15 is 0 Å². The summed E-state index contributed by atoms with van der Waals surface area (Å²) < 4.78 is 36.9. The molecule has 8 heteroatoms. The minimum atomic E-state index is -4.38. The minimum Gasteiger partial charge on any atom is -0.332 e. The Morgan fingerprint density at radius 2 is 1.62 bits per heavy atom. The van der Waals surface area contributed by atoms with E-state index in [1.54, 1.807) is 12.1 Å². The zero-order valence-electron chi connectivity index (χ0n) is 14.1. The largest absolute Gasteiger partial charge is 0.446 e. The number of benzene rings is 2. The number of likely N-dealkylation sites (N-methyl/N-ethyl adjacent to an activating group) is 1. The van der Waals surface area contributed by atoms with Gasteiger partial charge in [-0.1, -0.05) is 17.7 Å². The number of alkyl halides is 3. The van der Waals surface area contributed by atoms with Crippen LogP contribution in [0.1, 0.15) is 15.9 Å². The number of anilines is 1. The molecule has 0 radical (unpaired) electrons. The average molecular weight is 382 g/mol. The lowest BCUT2D eigenvalue weighted by molar-refractivity contribution is -0.116. The molecule has 138 valence electrons. The molecule has 2 rings (SSSR count). The van der Waals surface area contributed by atoms with Crippen LogP contribution in [-0.4, -0.2) is 35.8 Å². The third kappa shape index (κ3) is 6.11. The molecule has 4 nitrogen and oxygen atoms in total. The lowest BCUT2D eigenvalue weighted by Crippen LogP contribution is -2.34. The number of hydrogen-bond acceptors (Lipinski definition) is 3. The van der Waals surface area contributed by atoms with Crippen LogP contribution in [0.2, 0.25) is 0 Å². The van der Waals surface area contributed by atoms with E-state index in [9.17, 15) is 22.8 Å². The van der Waals surface area contributed by atoms with Crippen molar-refractivity contribution in [1.29, 1.82) is 0 Å². The van der Waals surface area contributed by atoms with Crippen molar-refractivity contribution < 1.29 is 22.8 Å². The summed E-state index contributed by atoms with van der Waals surface area (Å²) >= 11 is -0.247. The molecule has 1 N–H and O–H groups in total. The molecule has 2 aromatic rings. The van der Waals surface area contributed by atoms with E-state index in [0.29, 0.717) is 5.69 Å². The van der Waals surface area contributed by atoms with Crippen molar-refractivity contribution in [3.05, 3.63) is 59.7 Å². The molecule has 0 heterocycles. The maximum absolute atomic E-state index is 12.3. The summed E-state index contributed by atoms with van der Waals surface area (Å²) in [6.07, 6.45) is 0. The van der Waals surface area contributed by atoms with Crippen LogP contribution in [0.5, 0.6) is 0 Å². The fourth-order valence-corrected chi connectivity index (χ4v) is 2.68. The van der Waals surface area contributed by atoms with Crippen molar-refractivity contribution in [2.24, 2.45) is 0 Å². The van der Waals surface area contributed by atoms with Gasteiger partial charge in [-0.15, -0.1) is 0 Å². The maximum Gasteiger partial charge on any atom is 0.446 e. The fourth-order valence-electron chi connectivity index (χ4n) is 2.14. The van der Waals surface area contributed by atoms with Gasteiger partial charge in [0.05, 0.1) is 6.54 Å². The molecule has 0 unspecified atom stereocenters. The van der Waals surface area contributed by atoms with E-state index in [-0.39, 0.29) is 34.7 Å². The highest BCUT2D eigenvalue weighted by Crippen LogP contribution is 2.36. The van der Waals surface area contributed by atoms with Crippen LogP contribution < -0.4 is 5.32 Å². The molecule has 0 bridgehead atoms. The van der Waals surface area contributed by atoms with Gasteiger partial charge in [0.15, 0.2) is 0 Å². The van der Waals surface area contributed by atoms with E-state index in [1.165, 1.54) is 36.2 Å². The normalized spacial score (nSPS) is 11.1. The van der Waals surface area contributed by atoms with Gasteiger partial charge in [0.1, 0.15) is 0 Å². The van der Waals surface area contributed by atoms with Crippen LogP contribution in [0.4, 0.5) is 18.9 Å². The molecule has 0 fully saturated rings. The number of nitrogens with zero attached hydrogens (tertiary/aromatic N) is 1. The van der Waals surface area contributed by atoms with Crippen molar-refractivity contribution in [2.45, 2.75) is 17.3 Å². The fraction of sp³-hybridized carbons (Fsp3) is 0.222. The Labute approximate surface area is 153 Å². The predicted molar refractivity (Wildman–Crippen MR) is 95.1 cm³/mol. The molecule has 0 saturated carbocycles. The first-order valence-corrected chi connectivity index (χ1v) is 8.43. The Kier molecular flexibility index (Phi) is 6.31. The van der Waals surface area contributed by atoms with Crippen LogP contribution >= 0.6 is 11.8 Å². The number of nitrogens with one attached hydrogen (secondary N) is 1. The number of rotatable bonds is 5. The summed E-state index contributed by atoms with van der Waals surface area (Å²) in [4.78, 5) is 25.5. The highest BCUT2D eigenvalue weighted by molar-refractivity contribution is 8.00. The monoisotopic (exact) mass is 382 g/mol. The van der Waals surface area contributed by atoms with E-state index in [4.69, 9.17) is 0 Å². The van der Waals surface area contributed by atoms with Crippen molar-refractivity contribution in [1.82, 2.24) is 4.90 Å². The van der Waals surface area contributed by atoms with Crippen LogP contribution in [0.25, 0.3) is 0 Å². The molecule has 2 aromatic carbocycles. The molecule has 0 aromatic heterocycles. The van der Waals surface area contributed by atoms with E-state index in [1.807, 2.05) is 19.1 Å². The third-order valence-electron chi connectivity index (χ3n) is 3.40. The number of aryl methyl sites for hydroxylation is 1. The van der Waals surface area contributed by atoms with Crippen LogP contribution in [0.15, 0.2) is 53.4 Å². The number of carbonyl (C=O) groups is 2. The number of halogens is 3. The Morgan fingerprint density at radius 1 is 1.04 bits per heavy atom. The Morgan fingerprint density at radius 3 is 2.15 bits per heavy atom. The minimum absolute atomic E-state index is 0.00572. The topological polar surface area (TPSA) is 49.4 Å². The SMILES string of the molecule is Cc1ccc(NC(=O)CN(C)C(=O)c2ccc(SC(F)(F)F)cc2)cc1. The highest BCUT2D eigenvalue weighted by Gasteiger charge is 2.29. The highest BCUT2D eigenvalue weighted by atomic mass is 32.2. The van der Waals surface area contributed by atoms with Gasteiger partial charge in [0, 0.05) is 23.2 Å². The van der Waals surface area contributed by atoms with Crippen LogP contribution in [0, 0.1) is 6.92 Å². The Bertz CT molecular complexity index is 775. The molecule has 0 atom stereocenters. The van der Waals surface area contributed by atoms with Gasteiger partial charge in [0.25, 0.3) is 5.91 Å². The molecule has 0 aliphatic rings. The van der Waals surface area contributed by atoms with Gasteiger partial charge in [0.2, 0.25) is 5.91 Å². The maximum atomic E-state index is 12.3. The van der Waals surface area contributed by atoms with Gasteiger partial charge in [-0.25, -0.2) is 0 Å². The van der Waals surface area contributed by atoms with Gasteiger partial charge in [-0.05, 0) is 55.1 Å². The summed E-state index contributed by atoms with van der Waals surface area (Å²) in [5, 5.41) is 2.68. The van der Waals surface area contributed by atoms with Gasteiger partial charge >= 0.3 is 5.51 Å². The first-order chi connectivity index (χ1) is 12.1. The molecule has 26 heavy (non-hydrogen) atoms. The smallest absolute Gasteiger partial charge is 0.332 e. The Balaban J connectivity index is 1.93.